The lowest BCUT2D eigenvalue weighted by Crippen LogP contribution is -2.13. The number of halogens is 1. The first-order valence-corrected chi connectivity index (χ1v) is 6.29. The van der Waals surface area contributed by atoms with Gasteiger partial charge in [0.1, 0.15) is 11.0 Å². The van der Waals surface area contributed by atoms with E-state index in [2.05, 4.69) is 10.3 Å². The predicted octanol–water partition coefficient (Wildman–Crippen LogP) is 2.41. The molecule has 1 aromatic heterocycles. The molecule has 1 aliphatic heterocycles. The fourth-order valence-electron chi connectivity index (χ4n) is 1.94. The number of aromatic carboxylic acids is 1. The molecule has 0 spiro atoms. The summed E-state index contributed by atoms with van der Waals surface area (Å²) < 4.78 is 5.50. The fourth-order valence-corrected chi connectivity index (χ4v) is 2.15. The predicted molar refractivity (Wildman–Crippen MR) is 68.3 cm³/mol. The summed E-state index contributed by atoms with van der Waals surface area (Å²) in [6.45, 7) is 1.53. The minimum absolute atomic E-state index is 0.134. The summed E-state index contributed by atoms with van der Waals surface area (Å²) in [6.07, 6.45) is 3.39. The largest absolute Gasteiger partial charge is 0.478 e. The zero-order chi connectivity index (χ0) is 13.0. The SMILES string of the molecule is O=C(O)c1cc(Cl)nc(NCCC2CCCO2)c1. The van der Waals surface area contributed by atoms with Crippen molar-refractivity contribution in [2.45, 2.75) is 25.4 Å². The van der Waals surface area contributed by atoms with Crippen molar-refractivity contribution < 1.29 is 14.6 Å². The van der Waals surface area contributed by atoms with Gasteiger partial charge in [-0.2, -0.15) is 0 Å². The van der Waals surface area contributed by atoms with Crippen LogP contribution in [0, 0.1) is 0 Å². The van der Waals surface area contributed by atoms with E-state index in [0.717, 1.165) is 25.9 Å². The van der Waals surface area contributed by atoms with Crippen LogP contribution in [-0.2, 0) is 4.74 Å². The number of rotatable bonds is 5. The molecule has 1 aromatic rings. The second kappa shape index (κ2) is 6.02. The Hall–Kier alpha value is -1.33. The average molecular weight is 271 g/mol. The minimum Gasteiger partial charge on any atom is -0.478 e. The van der Waals surface area contributed by atoms with Gasteiger partial charge in [-0.3, -0.25) is 0 Å². The van der Waals surface area contributed by atoms with Gasteiger partial charge in [0.05, 0.1) is 11.7 Å². The van der Waals surface area contributed by atoms with Gasteiger partial charge in [-0.15, -0.1) is 0 Å². The van der Waals surface area contributed by atoms with Gasteiger partial charge in [0, 0.05) is 13.2 Å². The van der Waals surface area contributed by atoms with Crippen LogP contribution in [0.15, 0.2) is 12.1 Å². The first-order chi connectivity index (χ1) is 8.65. The van der Waals surface area contributed by atoms with E-state index in [4.69, 9.17) is 21.4 Å². The van der Waals surface area contributed by atoms with Crippen LogP contribution in [0.25, 0.3) is 0 Å². The monoisotopic (exact) mass is 270 g/mol. The molecule has 18 heavy (non-hydrogen) atoms. The Kier molecular flexibility index (Phi) is 4.38. The third-order valence-electron chi connectivity index (χ3n) is 2.84. The summed E-state index contributed by atoms with van der Waals surface area (Å²) >= 11 is 5.76. The molecule has 0 aromatic carbocycles. The number of carbonyl (C=O) groups is 1. The summed E-state index contributed by atoms with van der Waals surface area (Å²) in [7, 11) is 0. The maximum absolute atomic E-state index is 10.9. The Bertz CT molecular complexity index is 433. The summed E-state index contributed by atoms with van der Waals surface area (Å²) in [5, 5.41) is 12.1. The molecule has 0 saturated carbocycles. The third-order valence-corrected chi connectivity index (χ3v) is 3.03. The van der Waals surface area contributed by atoms with Crippen molar-refractivity contribution in [3.63, 3.8) is 0 Å². The van der Waals surface area contributed by atoms with E-state index in [9.17, 15) is 4.79 Å². The number of ether oxygens (including phenoxy) is 1. The number of hydrogen-bond acceptors (Lipinski definition) is 4. The molecule has 1 unspecified atom stereocenters. The molecular weight excluding hydrogens is 256 g/mol. The maximum Gasteiger partial charge on any atom is 0.335 e. The topological polar surface area (TPSA) is 71.5 Å². The summed E-state index contributed by atoms with van der Waals surface area (Å²) in [5.74, 6) is -0.528. The number of pyridine rings is 1. The summed E-state index contributed by atoms with van der Waals surface area (Å²) in [6, 6.07) is 2.80. The second-order valence-electron chi connectivity index (χ2n) is 4.22. The number of aromatic nitrogens is 1. The van der Waals surface area contributed by atoms with E-state index in [1.54, 1.807) is 0 Å². The molecule has 2 heterocycles. The first-order valence-electron chi connectivity index (χ1n) is 5.91. The van der Waals surface area contributed by atoms with Gasteiger partial charge in [-0.05, 0) is 31.4 Å². The molecule has 2 rings (SSSR count). The summed E-state index contributed by atoms with van der Waals surface area (Å²) in [5.41, 5.74) is 0.134. The van der Waals surface area contributed by atoms with E-state index in [1.807, 2.05) is 0 Å². The van der Waals surface area contributed by atoms with Gasteiger partial charge in [-0.25, -0.2) is 9.78 Å². The molecule has 98 valence electrons. The lowest BCUT2D eigenvalue weighted by molar-refractivity contribution is 0.0696. The van der Waals surface area contributed by atoms with Crippen LogP contribution >= 0.6 is 11.6 Å². The highest BCUT2D eigenvalue weighted by atomic mass is 35.5. The van der Waals surface area contributed by atoms with Crippen molar-refractivity contribution in [1.82, 2.24) is 4.98 Å². The Labute approximate surface area is 110 Å². The van der Waals surface area contributed by atoms with E-state index in [1.165, 1.54) is 12.1 Å². The fraction of sp³-hybridized carbons (Fsp3) is 0.500. The van der Waals surface area contributed by atoms with Crippen molar-refractivity contribution >= 4 is 23.4 Å². The van der Waals surface area contributed by atoms with E-state index >= 15 is 0 Å². The molecule has 0 bridgehead atoms. The Morgan fingerprint density at radius 3 is 3.11 bits per heavy atom. The molecule has 1 saturated heterocycles. The molecule has 0 amide bonds. The van der Waals surface area contributed by atoms with Crippen molar-refractivity contribution in [3.8, 4) is 0 Å². The highest BCUT2D eigenvalue weighted by Crippen LogP contribution is 2.17. The number of hydrogen-bond donors (Lipinski definition) is 2. The molecule has 5 nitrogen and oxygen atoms in total. The highest BCUT2D eigenvalue weighted by Gasteiger charge is 2.15. The number of nitrogens with zero attached hydrogens (tertiary/aromatic N) is 1. The Balaban J connectivity index is 1.89. The van der Waals surface area contributed by atoms with Crippen LogP contribution < -0.4 is 5.32 Å². The highest BCUT2D eigenvalue weighted by molar-refractivity contribution is 6.29. The van der Waals surface area contributed by atoms with Crippen molar-refractivity contribution in [2.75, 3.05) is 18.5 Å². The number of carboxylic acid groups (broad SMARTS) is 1. The molecule has 6 heteroatoms. The molecular formula is C12H15ClN2O3. The first kappa shape index (κ1) is 13.1. The van der Waals surface area contributed by atoms with Gasteiger partial charge < -0.3 is 15.2 Å². The van der Waals surface area contributed by atoms with Crippen LogP contribution in [-0.4, -0.2) is 35.3 Å². The zero-order valence-corrected chi connectivity index (χ0v) is 10.6. The smallest absolute Gasteiger partial charge is 0.335 e. The van der Waals surface area contributed by atoms with Crippen LogP contribution in [0.5, 0.6) is 0 Å². The summed E-state index contributed by atoms with van der Waals surface area (Å²) in [4.78, 5) is 14.9. The molecule has 1 atom stereocenters. The van der Waals surface area contributed by atoms with Crippen LogP contribution in [0.2, 0.25) is 5.15 Å². The lowest BCUT2D eigenvalue weighted by atomic mass is 10.2. The quantitative estimate of drug-likeness (QED) is 0.804. The Morgan fingerprint density at radius 2 is 2.44 bits per heavy atom. The minimum atomic E-state index is -1.01. The maximum atomic E-state index is 10.9. The van der Waals surface area contributed by atoms with Gasteiger partial charge in [-0.1, -0.05) is 11.6 Å². The van der Waals surface area contributed by atoms with E-state index in [0.29, 0.717) is 18.5 Å². The molecule has 2 N–H and O–H groups in total. The standard InChI is InChI=1S/C12H15ClN2O3/c13-10-6-8(12(16)17)7-11(15-10)14-4-3-9-2-1-5-18-9/h6-7,9H,1-5H2,(H,14,15)(H,16,17). The number of carboxylic acids is 1. The average Bonchev–Trinajstić information content (AvgIpc) is 2.81. The molecule has 0 radical (unpaired) electrons. The van der Waals surface area contributed by atoms with Crippen LogP contribution in [0.3, 0.4) is 0 Å². The van der Waals surface area contributed by atoms with Crippen molar-refractivity contribution in [2.24, 2.45) is 0 Å². The Morgan fingerprint density at radius 1 is 1.61 bits per heavy atom. The van der Waals surface area contributed by atoms with Gasteiger partial charge >= 0.3 is 5.97 Å². The third kappa shape index (κ3) is 3.58. The zero-order valence-electron chi connectivity index (χ0n) is 9.86. The molecule has 0 aliphatic carbocycles. The normalized spacial score (nSPS) is 18.8. The van der Waals surface area contributed by atoms with E-state index in [-0.39, 0.29) is 10.7 Å². The van der Waals surface area contributed by atoms with Crippen molar-refractivity contribution in [1.29, 1.82) is 0 Å². The van der Waals surface area contributed by atoms with Crippen LogP contribution in [0.1, 0.15) is 29.6 Å². The lowest BCUT2D eigenvalue weighted by Gasteiger charge is -2.11. The van der Waals surface area contributed by atoms with Gasteiger partial charge in [0.2, 0.25) is 0 Å². The molecule has 1 fully saturated rings. The second-order valence-corrected chi connectivity index (χ2v) is 4.61. The molecule has 1 aliphatic rings. The van der Waals surface area contributed by atoms with Crippen molar-refractivity contribution in [3.05, 3.63) is 22.8 Å². The van der Waals surface area contributed by atoms with E-state index < -0.39 is 5.97 Å². The van der Waals surface area contributed by atoms with Gasteiger partial charge in [0.15, 0.2) is 0 Å². The number of anilines is 1. The van der Waals surface area contributed by atoms with Gasteiger partial charge in [0.25, 0.3) is 0 Å². The van der Waals surface area contributed by atoms with Crippen LogP contribution in [0.4, 0.5) is 5.82 Å². The number of nitrogens with one attached hydrogen (secondary N) is 1.